The van der Waals surface area contributed by atoms with Gasteiger partial charge in [0.15, 0.2) is 0 Å². The second-order valence-corrected chi connectivity index (χ2v) is 6.53. The summed E-state index contributed by atoms with van der Waals surface area (Å²) in [6.45, 7) is 1.95. The molecule has 2 aromatic heterocycles. The maximum absolute atomic E-state index is 11.7. The van der Waals surface area contributed by atoms with Crippen LogP contribution in [0.3, 0.4) is 0 Å². The molecule has 1 saturated carbocycles. The highest BCUT2D eigenvalue weighted by atomic mass is 16.1. The van der Waals surface area contributed by atoms with Crippen molar-refractivity contribution in [1.29, 1.82) is 0 Å². The van der Waals surface area contributed by atoms with E-state index in [1.807, 2.05) is 13.0 Å². The van der Waals surface area contributed by atoms with Crippen LogP contribution in [-0.4, -0.2) is 28.0 Å². The van der Waals surface area contributed by atoms with Crippen LogP contribution >= 0.6 is 0 Å². The summed E-state index contributed by atoms with van der Waals surface area (Å²) in [5, 5.41) is 6.53. The summed E-state index contributed by atoms with van der Waals surface area (Å²) in [4.78, 5) is 20.4. The predicted molar refractivity (Wildman–Crippen MR) is 98.9 cm³/mol. The predicted octanol–water partition coefficient (Wildman–Crippen LogP) is 2.31. The molecule has 0 aliphatic heterocycles. The third kappa shape index (κ3) is 4.24. The van der Waals surface area contributed by atoms with E-state index in [-0.39, 0.29) is 12.1 Å². The Hall–Kier alpha value is -2.67. The average molecular weight is 340 g/mol. The Morgan fingerprint density at radius 2 is 2.04 bits per heavy atom. The largest absolute Gasteiger partial charge is 0.366 e. The van der Waals surface area contributed by atoms with Gasteiger partial charge < -0.3 is 22.1 Å². The lowest BCUT2D eigenvalue weighted by molar-refractivity contribution is 0.100. The minimum Gasteiger partial charge on any atom is -0.366 e. The number of anilines is 3. The van der Waals surface area contributed by atoms with E-state index in [2.05, 4.69) is 20.6 Å². The van der Waals surface area contributed by atoms with Crippen molar-refractivity contribution in [2.75, 3.05) is 10.6 Å². The van der Waals surface area contributed by atoms with Gasteiger partial charge in [-0.05, 0) is 43.5 Å². The zero-order valence-electron chi connectivity index (χ0n) is 14.3. The zero-order valence-corrected chi connectivity index (χ0v) is 14.3. The van der Waals surface area contributed by atoms with Gasteiger partial charge in [-0.3, -0.25) is 9.78 Å². The van der Waals surface area contributed by atoms with E-state index < -0.39 is 5.91 Å². The molecule has 25 heavy (non-hydrogen) atoms. The molecule has 0 aromatic carbocycles. The van der Waals surface area contributed by atoms with Gasteiger partial charge in [-0.1, -0.05) is 12.8 Å². The first-order chi connectivity index (χ1) is 12.0. The average Bonchev–Trinajstić information content (AvgIpc) is 2.57. The fourth-order valence-corrected chi connectivity index (χ4v) is 3.12. The van der Waals surface area contributed by atoms with Crippen LogP contribution in [0.1, 0.15) is 41.6 Å². The second-order valence-electron chi connectivity index (χ2n) is 6.53. The number of aromatic nitrogens is 2. The molecule has 132 valence electrons. The minimum absolute atomic E-state index is 0.115. The highest BCUT2D eigenvalue weighted by Gasteiger charge is 2.22. The van der Waals surface area contributed by atoms with Crippen molar-refractivity contribution in [2.45, 2.75) is 44.7 Å². The summed E-state index contributed by atoms with van der Waals surface area (Å²) in [5.41, 5.74) is 13.8. The van der Waals surface area contributed by atoms with Crippen molar-refractivity contribution < 1.29 is 4.79 Å². The number of carbonyl (C=O) groups excluding carboxylic acids is 1. The molecule has 2 atom stereocenters. The first-order valence-electron chi connectivity index (χ1n) is 8.54. The van der Waals surface area contributed by atoms with E-state index in [0.29, 0.717) is 17.2 Å². The van der Waals surface area contributed by atoms with Crippen molar-refractivity contribution in [3.8, 4) is 0 Å². The smallest absolute Gasteiger partial charge is 0.252 e. The van der Waals surface area contributed by atoms with E-state index in [0.717, 1.165) is 30.5 Å². The first kappa shape index (κ1) is 17.2. The standard InChI is InChI=1S/C18H24N6O/c1-11-8-12(10-21-9-11)22-18-13(17(20)25)6-7-16(24-18)23-15-5-3-2-4-14(15)19/h6-10,14-15H,2-5,19H2,1H3,(H2,20,25)(H2,22,23,24)/t14-,15?/m0/s1. The lowest BCUT2D eigenvalue weighted by Crippen LogP contribution is -2.42. The van der Waals surface area contributed by atoms with Gasteiger partial charge in [-0.15, -0.1) is 0 Å². The Bertz CT molecular complexity index is 763. The van der Waals surface area contributed by atoms with Gasteiger partial charge in [0.25, 0.3) is 5.91 Å². The molecule has 2 heterocycles. The molecule has 1 aliphatic carbocycles. The van der Waals surface area contributed by atoms with E-state index in [4.69, 9.17) is 11.5 Å². The van der Waals surface area contributed by atoms with Gasteiger partial charge in [0.2, 0.25) is 0 Å². The molecule has 0 bridgehead atoms. The third-order valence-electron chi connectivity index (χ3n) is 4.45. The van der Waals surface area contributed by atoms with Crippen LogP contribution in [-0.2, 0) is 0 Å². The zero-order chi connectivity index (χ0) is 17.8. The van der Waals surface area contributed by atoms with E-state index in [9.17, 15) is 4.79 Å². The van der Waals surface area contributed by atoms with Crippen molar-refractivity contribution in [3.05, 3.63) is 41.7 Å². The van der Waals surface area contributed by atoms with Crippen molar-refractivity contribution in [1.82, 2.24) is 9.97 Å². The fourth-order valence-electron chi connectivity index (χ4n) is 3.12. The molecule has 1 amide bonds. The molecule has 2 aromatic rings. The number of amides is 1. The molecular formula is C18H24N6O. The second kappa shape index (κ2) is 7.48. The molecular weight excluding hydrogens is 316 g/mol. The van der Waals surface area contributed by atoms with E-state index in [1.165, 1.54) is 6.42 Å². The number of nitrogens with one attached hydrogen (secondary N) is 2. The number of nitrogens with zero attached hydrogens (tertiary/aromatic N) is 2. The lowest BCUT2D eigenvalue weighted by atomic mass is 9.91. The molecule has 0 saturated heterocycles. The number of pyridine rings is 2. The number of carbonyl (C=O) groups is 1. The molecule has 0 radical (unpaired) electrons. The molecule has 3 rings (SSSR count). The highest BCUT2D eigenvalue weighted by molar-refractivity contribution is 5.98. The summed E-state index contributed by atoms with van der Waals surface area (Å²) in [7, 11) is 0. The third-order valence-corrected chi connectivity index (χ3v) is 4.45. The van der Waals surface area contributed by atoms with Crippen LogP contribution in [0.4, 0.5) is 17.3 Å². The summed E-state index contributed by atoms with van der Waals surface area (Å²) in [5.74, 6) is 0.557. The van der Waals surface area contributed by atoms with Gasteiger partial charge >= 0.3 is 0 Å². The van der Waals surface area contributed by atoms with Crippen LogP contribution in [0.25, 0.3) is 0 Å². The monoisotopic (exact) mass is 340 g/mol. The van der Waals surface area contributed by atoms with Crippen molar-refractivity contribution >= 4 is 23.2 Å². The molecule has 0 spiro atoms. The van der Waals surface area contributed by atoms with E-state index >= 15 is 0 Å². The summed E-state index contributed by atoms with van der Waals surface area (Å²) >= 11 is 0. The minimum atomic E-state index is -0.531. The molecule has 7 nitrogen and oxygen atoms in total. The number of aryl methyl sites for hydroxylation is 1. The highest BCUT2D eigenvalue weighted by Crippen LogP contribution is 2.24. The van der Waals surface area contributed by atoms with Gasteiger partial charge in [-0.2, -0.15) is 0 Å². The fraction of sp³-hybridized carbons (Fsp3) is 0.389. The quantitative estimate of drug-likeness (QED) is 0.663. The van der Waals surface area contributed by atoms with Crippen LogP contribution in [0.5, 0.6) is 0 Å². The molecule has 1 aliphatic rings. The van der Waals surface area contributed by atoms with Crippen LogP contribution in [0.2, 0.25) is 0 Å². The van der Waals surface area contributed by atoms with Gasteiger partial charge in [0.1, 0.15) is 11.6 Å². The van der Waals surface area contributed by atoms with Crippen molar-refractivity contribution in [2.24, 2.45) is 11.5 Å². The Labute approximate surface area is 147 Å². The van der Waals surface area contributed by atoms with Crippen molar-refractivity contribution in [3.63, 3.8) is 0 Å². The molecule has 1 fully saturated rings. The Kier molecular flexibility index (Phi) is 5.14. The number of primary amides is 1. The maximum atomic E-state index is 11.7. The molecule has 6 N–H and O–H groups in total. The van der Waals surface area contributed by atoms with Gasteiger partial charge in [-0.25, -0.2) is 4.98 Å². The molecule has 1 unspecified atom stereocenters. The first-order valence-corrected chi connectivity index (χ1v) is 8.54. The van der Waals surface area contributed by atoms with Crippen LogP contribution in [0, 0.1) is 6.92 Å². The molecule has 7 heteroatoms. The van der Waals surface area contributed by atoms with E-state index in [1.54, 1.807) is 24.5 Å². The van der Waals surface area contributed by atoms with Crippen LogP contribution in [0.15, 0.2) is 30.6 Å². The summed E-state index contributed by atoms with van der Waals surface area (Å²) in [6, 6.07) is 5.67. The maximum Gasteiger partial charge on any atom is 0.252 e. The number of hydrogen-bond acceptors (Lipinski definition) is 6. The number of rotatable bonds is 5. The van der Waals surface area contributed by atoms with Crippen LogP contribution < -0.4 is 22.1 Å². The summed E-state index contributed by atoms with van der Waals surface area (Å²) < 4.78 is 0. The normalized spacial score (nSPS) is 20.1. The Balaban J connectivity index is 1.85. The topological polar surface area (TPSA) is 119 Å². The SMILES string of the molecule is Cc1cncc(Nc2nc(NC3CCCC[C@@H]3N)ccc2C(N)=O)c1. The lowest BCUT2D eigenvalue weighted by Gasteiger charge is -2.29. The number of hydrogen-bond donors (Lipinski definition) is 4. The Morgan fingerprint density at radius 1 is 1.24 bits per heavy atom. The van der Waals surface area contributed by atoms with Gasteiger partial charge in [0.05, 0.1) is 17.4 Å². The summed E-state index contributed by atoms with van der Waals surface area (Å²) in [6.07, 6.45) is 7.79. The number of nitrogens with two attached hydrogens (primary N) is 2. The Morgan fingerprint density at radius 3 is 2.76 bits per heavy atom. The van der Waals surface area contributed by atoms with Gasteiger partial charge in [0, 0.05) is 18.3 Å².